The average Bonchev–Trinajstić information content (AvgIpc) is 2.44. The van der Waals surface area contributed by atoms with Crippen molar-refractivity contribution in [2.75, 3.05) is 0 Å². The second kappa shape index (κ2) is 3.77. The fraction of sp³-hybridized carbons (Fsp3) is 0.462. The summed E-state index contributed by atoms with van der Waals surface area (Å²) in [6.45, 7) is 8.47. The molecule has 0 N–H and O–H groups in total. The molecule has 2 nitrogen and oxygen atoms in total. The van der Waals surface area contributed by atoms with Crippen molar-refractivity contribution in [3.05, 3.63) is 28.6 Å². The van der Waals surface area contributed by atoms with Crippen LogP contribution >= 0.6 is 11.6 Å². The maximum Gasteiger partial charge on any atom is 0.195 e. The molecular formula is C13H16ClNO. The summed E-state index contributed by atoms with van der Waals surface area (Å²) in [5.74, 6) is 0.782. The Morgan fingerprint density at radius 3 is 2.62 bits per heavy atom. The Morgan fingerprint density at radius 1 is 1.31 bits per heavy atom. The van der Waals surface area contributed by atoms with Crippen LogP contribution in [0.1, 0.15) is 32.2 Å². The van der Waals surface area contributed by atoms with E-state index in [2.05, 4.69) is 25.8 Å². The van der Waals surface area contributed by atoms with Crippen molar-refractivity contribution in [3.63, 3.8) is 0 Å². The summed E-state index contributed by atoms with van der Waals surface area (Å²) < 4.78 is 5.68. The minimum absolute atomic E-state index is 0.180. The van der Waals surface area contributed by atoms with Gasteiger partial charge in [-0.1, -0.05) is 32.4 Å². The highest BCUT2D eigenvalue weighted by molar-refractivity contribution is 6.31. The highest BCUT2D eigenvalue weighted by atomic mass is 35.5. The third kappa shape index (κ3) is 2.38. The van der Waals surface area contributed by atoms with Crippen LogP contribution in [0.25, 0.3) is 11.1 Å². The molecule has 16 heavy (non-hydrogen) atoms. The van der Waals surface area contributed by atoms with E-state index in [0.29, 0.717) is 0 Å². The van der Waals surface area contributed by atoms with E-state index in [1.54, 1.807) is 0 Å². The van der Waals surface area contributed by atoms with Gasteiger partial charge in [0.1, 0.15) is 5.52 Å². The minimum Gasteiger partial charge on any atom is -0.441 e. The van der Waals surface area contributed by atoms with Gasteiger partial charge in [-0.2, -0.15) is 0 Å². The van der Waals surface area contributed by atoms with E-state index in [9.17, 15) is 0 Å². The van der Waals surface area contributed by atoms with E-state index in [4.69, 9.17) is 16.0 Å². The standard InChI is InChI=1S/C13H16ClNO/c1-8-5-10-11(6-9(8)14)16-12(15-10)7-13(2,3)4/h5-6H,7H2,1-4H3. The van der Waals surface area contributed by atoms with Crippen molar-refractivity contribution in [2.45, 2.75) is 34.1 Å². The first-order valence-electron chi connectivity index (χ1n) is 5.41. The molecule has 0 aliphatic heterocycles. The number of hydrogen-bond donors (Lipinski definition) is 0. The molecule has 1 aromatic carbocycles. The molecule has 86 valence electrons. The first kappa shape index (κ1) is 11.5. The average molecular weight is 238 g/mol. The number of halogens is 1. The van der Waals surface area contributed by atoms with Crippen molar-refractivity contribution in [1.29, 1.82) is 0 Å². The molecule has 2 rings (SSSR count). The summed E-state index contributed by atoms with van der Waals surface area (Å²) in [4.78, 5) is 4.47. The second-order valence-corrected chi connectivity index (χ2v) is 5.82. The van der Waals surface area contributed by atoms with Gasteiger partial charge in [-0.25, -0.2) is 4.98 Å². The predicted octanol–water partition coefficient (Wildman–Crippen LogP) is 4.38. The zero-order valence-electron chi connectivity index (χ0n) is 10.1. The number of rotatable bonds is 1. The van der Waals surface area contributed by atoms with Crippen LogP contribution in [0.4, 0.5) is 0 Å². The number of aromatic nitrogens is 1. The summed E-state index contributed by atoms with van der Waals surface area (Å²) in [5, 5.41) is 0.728. The highest BCUT2D eigenvalue weighted by Crippen LogP contribution is 2.27. The molecule has 0 aliphatic carbocycles. The quantitative estimate of drug-likeness (QED) is 0.736. The molecule has 3 heteroatoms. The highest BCUT2D eigenvalue weighted by Gasteiger charge is 2.16. The van der Waals surface area contributed by atoms with Gasteiger partial charge in [0.25, 0.3) is 0 Å². The van der Waals surface area contributed by atoms with Gasteiger partial charge in [-0.3, -0.25) is 0 Å². The van der Waals surface area contributed by atoms with Crippen LogP contribution in [-0.2, 0) is 6.42 Å². The van der Waals surface area contributed by atoms with E-state index in [0.717, 1.165) is 34.0 Å². The van der Waals surface area contributed by atoms with Crippen LogP contribution in [0.15, 0.2) is 16.5 Å². The fourth-order valence-corrected chi connectivity index (χ4v) is 1.78. The summed E-state index contributed by atoms with van der Waals surface area (Å²) in [7, 11) is 0. The van der Waals surface area contributed by atoms with Crippen molar-refractivity contribution in [2.24, 2.45) is 5.41 Å². The lowest BCUT2D eigenvalue weighted by molar-refractivity contribution is 0.362. The maximum atomic E-state index is 6.04. The Morgan fingerprint density at radius 2 is 2.00 bits per heavy atom. The minimum atomic E-state index is 0.180. The normalized spacial score (nSPS) is 12.3. The number of nitrogens with zero attached hydrogens (tertiary/aromatic N) is 1. The van der Waals surface area contributed by atoms with E-state index >= 15 is 0 Å². The van der Waals surface area contributed by atoms with E-state index in [-0.39, 0.29) is 5.41 Å². The smallest absolute Gasteiger partial charge is 0.195 e. The van der Waals surface area contributed by atoms with Crippen LogP contribution in [0.2, 0.25) is 5.02 Å². The van der Waals surface area contributed by atoms with Crippen LogP contribution in [0, 0.1) is 12.3 Å². The molecule has 0 saturated heterocycles. The topological polar surface area (TPSA) is 26.0 Å². The van der Waals surface area contributed by atoms with E-state index in [1.807, 2.05) is 19.1 Å². The van der Waals surface area contributed by atoms with Crippen molar-refractivity contribution < 1.29 is 4.42 Å². The van der Waals surface area contributed by atoms with Gasteiger partial charge in [-0.05, 0) is 24.0 Å². The number of oxazole rings is 1. The lowest BCUT2D eigenvalue weighted by atomic mass is 9.92. The molecule has 1 heterocycles. The van der Waals surface area contributed by atoms with Gasteiger partial charge in [0.05, 0.1) is 0 Å². The lowest BCUT2D eigenvalue weighted by Gasteiger charge is -2.14. The Kier molecular flexibility index (Phi) is 2.70. The van der Waals surface area contributed by atoms with Gasteiger partial charge in [0, 0.05) is 17.5 Å². The number of fused-ring (bicyclic) bond motifs is 1. The maximum absolute atomic E-state index is 6.04. The van der Waals surface area contributed by atoms with E-state index in [1.165, 1.54) is 0 Å². The molecule has 0 saturated carbocycles. The van der Waals surface area contributed by atoms with Gasteiger partial charge in [0.15, 0.2) is 11.5 Å². The second-order valence-electron chi connectivity index (χ2n) is 5.41. The largest absolute Gasteiger partial charge is 0.441 e. The summed E-state index contributed by atoms with van der Waals surface area (Å²) in [6.07, 6.45) is 0.832. The predicted molar refractivity (Wildman–Crippen MR) is 66.9 cm³/mol. The zero-order valence-corrected chi connectivity index (χ0v) is 10.9. The molecule has 0 radical (unpaired) electrons. The fourth-order valence-electron chi connectivity index (χ4n) is 1.63. The summed E-state index contributed by atoms with van der Waals surface area (Å²) in [5.41, 5.74) is 2.88. The van der Waals surface area contributed by atoms with Crippen LogP contribution in [0.5, 0.6) is 0 Å². The Hall–Kier alpha value is -1.02. The number of aryl methyl sites for hydroxylation is 1. The van der Waals surface area contributed by atoms with Crippen molar-refractivity contribution in [3.8, 4) is 0 Å². The van der Waals surface area contributed by atoms with Gasteiger partial charge in [0.2, 0.25) is 0 Å². The summed E-state index contributed by atoms with van der Waals surface area (Å²) in [6, 6.07) is 3.80. The van der Waals surface area contributed by atoms with Crippen LogP contribution in [-0.4, -0.2) is 4.98 Å². The van der Waals surface area contributed by atoms with Crippen molar-refractivity contribution in [1.82, 2.24) is 4.98 Å². The molecular weight excluding hydrogens is 222 g/mol. The number of benzene rings is 1. The van der Waals surface area contributed by atoms with Crippen molar-refractivity contribution >= 4 is 22.7 Å². The van der Waals surface area contributed by atoms with Gasteiger partial charge in [-0.15, -0.1) is 0 Å². The molecule has 1 aromatic heterocycles. The molecule has 0 spiro atoms. The van der Waals surface area contributed by atoms with Gasteiger partial charge >= 0.3 is 0 Å². The van der Waals surface area contributed by atoms with E-state index < -0.39 is 0 Å². The monoisotopic (exact) mass is 237 g/mol. The third-order valence-electron chi connectivity index (χ3n) is 2.39. The summed E-state index contributed by atoms with van der Waals surface area (Å²) >= 11 is 6.04. The zero-order chi connectivity index (χ0) is 11.9. The Bertz CT molecular complexity index is 483. The molecule has 0 amide bonds. The molecule has 0 fully saturated rings. The van der Waals surface area contributed by atoms with Crippen LogP contribution in [0.3, 0.4) is 0 Å². The van der Waals surface area contributed by atoms with Gasteiger partial charge < -0.3 is 4.42 Å². The molecule has 2 aromatic rings. The molecule has 0 atom stereocenters. The van der Waals surface area contributed by atoms with Crippen LogP contribution < -0.4 is 0 Å². The number of hydrogen-bond acceptors (Lipinski definition) is 2. The lowest BCUT2D eigenvalue weighted by Crippen LogP contribution is -2.09. The molecule has 0 bridgehead atoms. The SMILES string of the molecule is Cc1cc2nc(CC(C)(C)C)oc2cc1Cl. The Balaban J connectivity index is 2.44. The third-order valence-corrected chi connectivity index (χ3v) is 2.80. The Labute approximate surface area is 101 Å². The molecule has 0 unspecified atom stereocenters. The first-order valence-corrected chi connectivity index (χ1v) is 5.78. The molecule has 0 aliphatic rings. The first-order chi connectivity index (χ1) is 7.35.